The number of benzene rings is 5. The summed E-state index contributed by atoms with van der Waals surface area (Å²) in [6.45, 7) is 0. The molecule has 8 rings (SSSR count). The molecule has 3 heterocycles. The molecule has 38 heavy (non-hydrogen) atoms. The molecule has 0 atom stereocenters. The molecule has 0 spiro atoms. The van der Waals surface area contributed by atoms with E-state index in [0.29, 0.717) is 0 Å². The second-order valence-corrected chi connectivity index (χ2v) is 9.70. The molecule has 0 fully saturated rings. The second-order valence-electron chi connectivity index (χ2n) is 9.70. The average molecular weight is 486 g/mol. The number of aromatic nitrogens is 3. The summed E-state index contributed by atoms with van der Waals surface area (Å²) in [5.41, 5.74) is 9.21. The van der Waals surface area contributed by atoms with E-state index in [9.17, 15) is 0 Å². The van der Waals surface area contributed by atoms with Crippen molar-refractivity contribution >= 4 is 43.7 Å². The topological polar surface area (TPSA) is 22.8 Å². The molecule has 3 heteroatoms. The monoisotopic (exact) mass is 485 g/mol. The normalized spacial score (nSPS) is 11.7. The Labute approximate surface area is 219 Å². The van der Waals surface area contributed by atoms with E-state index in [2.05, 4.69) is 137 Å². The number of hydrogen-bond acceptors (Lipinski definition) is 1. The zero-order valence-electron chi connectivity index (χ0n) is 20.6. The number of hydrogen-bond donors (Lipinski definition) is 0. The van der Waals surface area contributed by atoms with Gasteiger partial charge in [0.2, 0.25) is 0 Å². The van der Waals surface area contributed by atoms with E-state index in [0.717, 1.165) is 16.9 Å². The maximum Gasteiger partial charge on any atom is 0.145 e. The summed E-state index contributed by atoms with van der Waals surface area (Å²) in [5, 5.41) is 4.91. The van der Waals surface area contributed by atoms with Crippen LogP contribution in [-0.4, -0.2) is 14.1 Å². The summed E-state index contributed by atoms with van der Waals surface area (Å²) < 4.78 is 4.64. The molecule has 0 saturated heterocycles. The Balaban J connectivity index is 1.36. The minimum absolute atomic E-state index is 0.977. The highest BCUT2D eigenvalue weighted by Crippen LogP contribution is 2.36. The Bertz CT molecular complexity index is 2080. The average Bonchev–Trinajstić information content (AvgIpc) is 3.50. The van der Waals surface area contributed by atoms with Crippen molar-refractivity contribution in [1.82, 2.24) is 14.1 Å². The van der Waals surface area contributed by atoms with Crippen molar-refractivity contribution in [2.45, 2.75) is 0 Å². The summed E-state index contributed by atoms with van der Waals surface area (Å²) in [4.78, 5) is 4.77. The van der Waals surface area contributed by atoms with E-state index in [1.807, 2.05) is 12.3 Å². The molecule has 8 aromatic rings. The fourth-order valence-electron chi connectivity index (χ4n) is 5.89. The maximum atomic E-state index is 4.77. The van der Waals surface area contributed by atoms with Crippen LogP contribution in [0.2, 0.25) is 0 Å². The number of fused-ring (bicyclic) bond motifs is 6. The third-order valence-corrected chi connectivity index (χ3v) is 7.56. The first-order valence-corrected chi connectivity index (χ1v) is 12.9. The third kappa shape index (κ3) is 3.06. The van der Waals surface area contributed by atoms with Crippen LogP contribution >= 0.6 is 0 Å². The molecular weight excluding hydrogens is 462 g/mol. The largest absolute Gasteiger partial charge is 0.309 e. The predicted octanol–water partition coefficient (Wildman–Crippen LogP) is 8.94. The summed E-state index contributed by atoms with van der Waals surface area (Å²) >= 11 is 0. The molecule has 0 aliphatic heterocycles. The van der Waals surface area contributed by atoms with Gasteiger partial charge in [0.05, 0.1) is 16.6 Å². The van der Waals surface area contributed by atoms with E-state index in [-0.39, 0.29) is 0 Å². The lowest BCUT2D eigenvalue weighted by molar-refractivity contribution is 1.14. The van der Waals surface area contributed by atoms with Crippen LogP contribution in [0.15, 0.2) is 140 Å². The molecule has 0 aliphatic rings. The summed E-state index contributed by atoms with van der Waals surface area (Å²) in [7, 11) is 0. The van der Waals surface area contributed by atoms with Gasteiger partial charge in [0.15, 0.2) is 0 Å². The van der Waals surface area contributed by atoms with Gasteiger partial charge in [0, 0.05) is 39.1 Å². The SMILES string of the molecule is c1ccc(-n2c3ccccc3c3ccc(-c4cccc(-n5c6ccccc6c6cccnc65)c4)cc32)cc1. The molecule has 3 nitrogen and oxygen atoms in total. The first-order valence-electron chi connectivity index (χ1n) is 12.9. The van der Waals surface area contributed by atoms with Crippen LogP contribution in [0.1, 0.15) is 0 Å². The van der Waals surface area contributed by atoms with Crippen LogP contribution in [0.25, 0.3) is 66.2 Å². The minimum atomic E-state index is 0.977. The van der Waals surface area contributed by atoms with E-state index in [1.165, 1.54) is 49.4 Å². The van der Waals surface area contributed by atoms with E-state index in [4.69, 9.17) is 4.98 Å². The van der Waals surface area contributed by atoms with Crippen molar-refractivity contribution in [1.29, 1.82) is 0 Å². The van der Waals surface area contributed by atoms with Gasteiger partial charge in [-0.15, -0.1) is 0 Å². The van der Waals surface area contributed by atoms with Crippen molar-refractivity contribution in [3.63, 3.8) is 0 Å². The van der Waals surface area contributed by atoms with Gasteiger partial charge in [-0.25, -0.2) is 4.98 Å². The molecule has 178 valence electrons. The van der Waals surface area contributed by atoms with Crippen LogP contribution in [-0.2, 0) is 0 Å². The van der Waals surface area contributed by atoms with Crippen molar-refractivity contribution in [3.8, 4) is 22.5 Å². The molecule has 5 aromatic carbocycles. The van der Waals surface area contributed by atoms with Crippen LogP contribution < -0.4 is 0 Å². The zero-order chi connectivity index (χ0) is 25.1. The van der Waals surface area contributed by atoms with Crippen LogP contribution in [0.4, 0.5) is 0 Å². The first-order chi connectivity index (χ1) is 18.9. The Morgan fingerprint density at radius 3 is 1.87 bits per heavy atom. The highest BCUT2D eigenvalue weighted by atomic mass is 15.0. The third-order valence-electron chi connectivity index (χ3n) is 7.56. The highest BCUT2D eigenvalue weighted by Gasteiger charge is 2.15. The number of pyridine rings is 1. The Morgan fingerprint density at radius 2 is 1.03 bits per heavy atom. The highest BCUT2D eigenvalue weighted by molar-refractivity contribution is 6.10. The molecule has 0 aliphatic carbocycles. The van der Waals surface area contributed by atoms with Crippen molar-refractivity contribution in [3.05, 3.63) is 140 Å². The van der Waals surface area contributed by atoms with Gasteiger partial charge in [-0.2, -0.15) is 0 Å². The lowest BCUT2D eigenvalue weighted by Gasteiger charge is -2.11. The Morgan fingerprint density at radius 1 is 0.395 bits per heavy atom. The van der Waals surface area contributed by atoms with Gasteiger partial charge in [0.1, 0.15) is 5.65 Å². The van der Waals surface area contributed by atoms with Crippen LogP contribution in [0.5, 0.6) is 0 Å². The summed E-state index contributed by atoms with van der Waals surface area (Å²) in [6.07, 6.45) is 1.87. The maximum absolute atomic E-state index is 4.77. The molecule has 3 aromatic heterocycles. The number of rotatable bonds is 3. The van der Waals surface area contributed by atoms with Crippen LogP contribution in [0, 0.1) is 0 Å². The van der Waals surface area contributed by atoms with Gasteiger partial charge in [0.25, 0.3) is 0 Å². The minimum Gasteiger partial charge on any atom is -0.309 e. The second kappa shape index (κ2) is 8.19. The van der Waals surface area contributed by atoms with Gasteiger partial charge in [-0.1, -0.05) is 78.9 Å². The fraction of sp³-hybridized carbons (Fsp3) is 0. The van der Waals surface area contributed by atoms with Crippen molar-refractivity contribution in [2.24, 2.45) is 0 Å². The van der Waals surface area contributed by atoms with Gasteiger partial charge in [-0.05, 0) is 65.7 Å². The molecule has 0 saturated carbocycles. The fourth-order valence-corrected chi connectivity index (χ4v) is 5.89. The Hall–Kier alpha value is -5.15. The molecule has 0 N–H and O–H groups in total. The standard InChI is InChI=1S/C35H23N3/c1-2-11-26(12-3-1)37-32-17-6-4-14-28(32)30-20-19-25(23-34(30)37)24-10-8-13-27(22-24)38-33-18-7-5-15-29(33)31-16-9-21-36-35(31)38/h1-23H. The molecule has 0 amide bonds. The first kappa shape index (κ1) is 21.0. The van der Waals surface area contributed by atoms with E-state index in [1.54, 1.807) is 0 Å². The van der Waals surface area contributed by atoms with E-state index < -0.39 is 0 Å². The Kier molecular flexibility index (Phi) is 4.52. The summed E-state index contributed by atoms with van der Waals surface area (Å²) in [6, 6.07) is 47.6. The lowest BCUT2D eigenvalue weighted by atomic mass is 10.0. The smallest absolute Gasteiger partial charge is 0.145 e. The quantitative estimate of drug-likeness (QED) is 0.245. The van der Waals surface area contributed by atoms with Gasteiger partial charge in [-0.3, -0.25) is 4.57 Å². The lowest BCUT2D eigenvalue weighted by Crippen LogP contribution is -1.96. The number of para-hydroxylation sites is 3. The zero-order valence-corrected chi connectivity index (χ0v) is 20.6. The van der Waals surface area contributed by atoms with Crippen molar-refractivity contribution in [2.75, 3.05) is 0 Å². The molecule has 0 radical (unpaired) electrons. The van der Waals surface area contributed by atoms with Gasteiger partial charge < -0.3 is 4.57 Å². The van der Waals surface area contributed by atoms with Crippen molar-refractivity contribution < 1.29 is 0 Å². The summed E-state index contributed by atoms with van der Waals surface area (Å²) in [5.74, 6) is 0. The van der Waals surface area contributed by atoms with E-state index >= 15 is 0 Å². The van der Waals surface area contributed by atoms with Gasteiger partial charge >= 0.3 is 0 Å². The number of nitrogens with zero attached hydrogens (tertiary/aromatic N) is 3. The predicted molar refractivity (Wildman–Crippen MR) is 158 cm³/mol. The molecule has 0 bridgehead atoms. The molecule has 0 unspecified atom stereocenters. The van der Waals surface area contributed by atoms with Crippen LogP contribution in [0.3, 0.4) is 0 Å². The molecular formula is C35H23N3.